The Balaban J connectivity index is 2.79. The monoisotopic (exact) mass is 269 g/mol. The van der Waals surface area contributed by atoms with Crippen LogP contribution in [0.25, 0.3) is 0 Å². The maximum Gasteiger partial charge on any atom is 0.339 e. The van der Waals surface area contributed by atoms with Crippen LogP contribution in [0.3, 0.4) is 0 Å². The van der Waals surface area contributed by atoms with Gasteiger partial charge < -0.3 is 19.2 Å². The van der Waals surface area contributed by atoms with Crippen LogP contribution in [0.5, 0.6) is 0 Å². The number of furan rings is 1. The van der Waals surface area contributed by atoms with Crippen molar-refractivity contribution in [2.75, 3.05) is 27.3 Å². The molecule has 0 bridgehead atoms. The highest BCUT2D eigenvalue weighted by Gasteiger charge is 2.22. The van der Waals surface area contributed by atoms with Crippen LogP contribution < -0.4 is 0 Å². The van der Waals surface area contributed by atoms with E-state index in [0.717, 1.165) is 0 Å². The van der Waals surface area contributed by atoms with Gasteiger partial charge in [-0.05, 0) is 6.42 Å². The lowest BCUT2D eigenvalue weighted by atomic mass is 10.2. The summed E-state index contributed by atoms with van der Waals surface area (Å²) in [6, 6.07) is 1.29. The number of carboxylic acids is 1. The number of hydrogen-bond acceptors (Lipinski definition) is 4. The van der Waals surface area contributed by atoms with Crippen LogP contribution in [0, 0.1) is 0 Å². The Hall–Kier alpha value is -1.82. The van der Waals surface area contributed by atoms with E-state index in [1.54, 1.807) is 21.1 Å². The summed E-state index contributed by atoms with van der Waals surface area (Å²) in [5.41, 5.74) is 0.0520. The van der Waals surface area contributed by atoms with Crippen molar-refractivity contribution in [3.63, 3.8) is 0 Å². The Morgan fingerprint density at radius 2 is 2.16 bits per heavy atom. The van der Waals surface area contributed by atoms with Gasteiger partial charge in [-0.3, -0.25) is 4.79 Å². The molecule has 0 aromatic carbocycles. The second-order valence-electron chi connectivity index (χ2n) is 4.18. The van der Waals surface area contributed by atoms with Gasteiger partial charge in [0.25, 0.3) is 5.91 Å². The standard InChI is InChI=1S/C13H19NO5/c1-4-10-9(13(16)17)8-11(19-10)12(15)14(2)6-5-7-18-3/h8H,4-7H2,1-3H3,(H,16,17). The zero-order valence-corrected chi connectivity index (χ0v) is 11.4. The third kappa shape index (κ3) is 3.82. The summed E-state index contributed by atoms with van der Waals surface area (Å²) in [5, 5.41) is 9.00. The average molecular weight is 269 g/mol. The normalized spacial score (nSPS) is 10.5. The van der Waals surface area contributed by atoms with E-state index < -0.39 is 5.97 Å². The van der Waals surface area contributed by atoms with Gasteiger partial charge >= 0.3 is 5.97 Å². The first kappa shape index (κ1) is 15.2. The summed E-state index contributed by atoms with van der Waals surface area (Å²) in [6.07, 6.45) is 1.15. The third-order valence-electron chi connectivity index (χ3n) is 2.76. The molecule has 0 saturated heterocycles. The molecule has 0 atom stereocenters. The number of amides is 1. The van der Waals surface area contributed by atoms with E-state index in [4.69, 9.17) is 14.3 Å². The van der Waals surface area contributed by atoms with Crippen LogP contribution in [0.1, 0.15) is 40.0 Å². The number of aromatic carboxylic acids is 1. The fraction of sp³-hybridized carbons (Fsp3) is 0.538. The maximum atomic E-state index is 12.0. The Morgan fingerprint density at radius 1 is 1.47 bits per heavy atom. The molecule has 106 valence electrons. The van der Waals surface area contributed by atoms with Gasteiger partial charge in [-0.1, -0.05) is 6.92 Å². The Morgan fingerprint density at radius 3 is 2.63 bits per heavy atom. The highest BCUT2D eigenvalue weighted by molar-refractivity contribution is 5.96. The molecule has 6 heteroatoms. The summed E-state index contributed by atoms with van der Waals surface area (Å²) in [5.74, 6) is -1.02. The molecule has 1 aromatic rings. The maximum absolute atomic E-state index is 12.0. The molecule has 0 aliphatic heterocycles. The van der Waals surface area contributed by atoms with Gasteiger partial charge in [-0.25, -0.2) is 4.79 Å². The molecule has 1 aromatic heterocycles. The number of carboxylic acid groups (broad SMARTS) is 1. The molecular formula is C13H19NO5. The van der Waals surface area contributed by atoms with Crippen molar-refractivity contribution in [3.05, 3.63) is 23.2 Å². The number of nitrogens with zero attached hydrogens (tertiary/aromatic N) is 1. The number of ether oxygens (including phenoxy) is 1. The molecule has 1 rings (SSSR count). The first-order valence-electron chi connectivity index (χ1n) is 6.11. The van der Waals surface area contributed by atoms with Crippen LogP contribution in [0.4, 0.5) is 0 Å². The van der Waals surface area contributed by atoms with E-state index in [9.17, 15) is 9.59 Å². The van der Waals surface area contributed by atoms with Crippen LogP contribution in [0.15, 0.2) is 10.5 Å². The number of methoxy groups -OCH3 is 1. The van der Waals surface area contributed by atoms with E-state index in [-0.39, 0.29) is 17.2 Å². The number of rotatable bonds is 7. The topological polar surface area (TPSA) is 80.0 Å². The van der Waals surface area contributed by atoms with E-state index in [2.05, 4.69) is 0 Å². The average Bonchev–Trinajstić information content (AvgIpc) is 2.82. The molecule has 6 nitrogen and oxygen atoms in total. The fourth-order valence-electron chi connectivity index (χ4n) is 1.71. The lowest BCUT2D eigenvalue weighted by Gasteiger charge is -2.15. The molecular weight excluding hydrogens is 250 g/mol. The Labute approximate surface area is 112 Å². The van der Waals surface area contributed by atoms with E-state index >= 15 is 0 Å². The molecule has 0 aliphatic carbocycles. The van der Waals surface area contributed by atoms with Crippen LogP contribution in [-0.4, -0.2) is 49.2 Å². The lowest BCUT2D eigenvalue weighted by molar-refractivity contribution is 0.0692. The minimum absolute atomic E-state index is 0.0520. The number of carbonyl (C=O) groups is 2. The molecule has 0 saturated carbocycles. The van der Waals surface area contributed by atoms with Crippen molar-refractivity contribution in [2.24, 2.45) is 0 Å². The first-order valence-corrected chi connectivity index (χ1v) is 6.11. The van der Waals surface area contributed by atoms with Crippen molar-refractivity contribution in [1.29, 1.82) is 0 Å². The van der Waals surface area contributed by atoms with Crippen molar-refractivity contribution in [1.82, 2.24) is 4.90 Å². The quantitative estimate of drug-likeness (QED) is 0.761. The van der Waals surface area contributed by atoms with Gasteiger partial charge in [0, 0.05) is 39.8 Å². The molecule has 0 unspecified atom stereocenters. The fourth-order valence-corrected chi connectivity index (χ4v) is 1.71. The van der Waals surface area contributed by atoms with Gasteiger partial charge in [-0.2, -0.15) is 0 Å². The van der Waals surface area contributed by atoms with Crippen LogP contribution in [0.2, 0.25) is 0 Å². The second-order valence-corrected chi connectivity index (χ2v) is 4.18. The van der Waals surface area contributed by atoms with Crippen LogP contribution in [-0.2, 0) is 11.2 Å². The van der Waals surface area contributed by atoms with E-state index in [1.165, 1.54) is 11.0 Å². The first-order chi connectivity index (χ1) is 9.01. The van der Waals surface area contributed by atoms with E-state index in [0.29, 0.717) is 31.8 Å². The van der Waals surface area contributed by atoms with Gasteiger partial charge in [0.1, 0.15) is 11.3 Å². The van der Waals surface area contributed by atoms with Gasteiger partial charge in [0.05, 0.1) is 0 Å². The highest BCUT2D eigenvalue weighted by atomic mass is 16.5. The minimum Gasteiger partial charge on any atom is -0.478 e. The van der Waals surface area contributed by atoms with Gasteiger partial charge in [0.2, 0.25) is 0 Å². The zero-order valence-electron chi connectivity index (χ0n) is 11.4. The third-order valence-corrected chi connectivity index (χ3v) is 2.76. The number of aryl methyl sites for hydroxylation is 1. The molecule has 19 heavy (non-hydrogen) atoms. The van der Waals surface area contributed by atoms with Crippen molar-refractivity contribution in [2.45, 2.75) is 19.8 Å². The van der Waals surface area contributed by atoms with Gasteiger partial charge in [0.15, 0.2) is 5.76 Å². The van der Waals surface area contributed by atoms with Gasteiger partial charge in [-0.15, -0.1) is 0 Å². The second kappa shape index (κ2) is 6.94. The smallest absolute Gasteiger partial charge is 0.339 e. The van der Waals surface area contributed by atoms with Crippen molar-refractivity contribution in [3.8, 4) is 0 Å². The molecule has 0 radical (unpaired) electrons. The predicted molar refractivity (Wildman–Crippen MR) is 68.5 cm³/mol. The Kier molecular flexibility index (Phi) is 5.57. The summed E-state index contributed by atoms with van der Waals surface area (Å²) < 4.78 is 10.2. The van der Waals surface area contributed by atoms with Crippen molar-refractivity contribution < 1.29 is 23.8 Å². The molecule has 1 amide bonds. The molecule has 0 fully saturated rings. The number of carbonyl (C=O) groups excluding carboxylic acids is 1. The zero-order chi connectivity index (χ0) is 14.4. The summed E-state index contributed by atoms with van der Waals surface area (Å²) in [6.45, 7) is 2.87. The minimum atomic E-state index is -1.08. The molecule has 0 aliphatic rings. The molecule has 1 N–H and O–H groups in total. The highest BCUT2D eigenvalue weighted by Crippen LogP contribution is 2.17. The summed E-state index contributed by atoms with van der Waals surface area (Å²) in [4.78, 5) is 24.5. The molecule has 0 spiro atoms. The SMILES string of the molecule is CCc1oc(C(=O)N(C)CCCOC)cc1C(=O)O. The summed E-state index contributed by atoms with van der Waals surface area (Å²) >= 11 is 0. The van der Waals surface area contributed by atoms with E-state index in [1.807, 2.05) is 0 Å². The lowest BCUT2D eigenvalue weighted by Crippen LogP contribution is -2.28. The Bertz CT molecular complexity index is 452. The number of hydrogen-bond donors (Lipinski definition) is 1. The van der Waals surface area contributed by atoms with Crippen LogP contribution >= 0.6 is 0 Å². The largest absolute Gasteiger partial charge is 0.478 e. The summed E-state index contributed by atoms with van der Waals surface area (Å²) in [7, 11) is 3.24. The predicted octanol–water partition coefficient (Wildman–Crippen LogP) is 1.65. The molecule has 1 heterocycles. The van der Waals surface area contributed by atoms with Crippen molar-refractivity contribution >= 4 is 11.9 Å².